The van der Waals surface area contributed by atoms with E-state index in [2.05, 4.69) is 25.5 Å². The number of amides is 1. The van der Waals surface area contributed by atoms with Crippen molar-refractivity contribution in [2.45, 2.75) is 62.8 Å². The summed E-state index contributed by atoms with van der Waals surface area (Å²) in [4.78, 5) is 37.3. The Morgan fingerprint density at radius 3 is 2.69 bits per heavy atom. The van der Waals surface area contributed by atoms with Crippen LogP contribution in [0.3, 0.4) is 0 Å². The predicted molar refractivity (Wildman–Crippen MR) is 130 cm³/mol. The van der Waals surface area contributed by atoms with Gasteiger partial charge in [0.2, 0.25) is 5.95 Å². The van der Waals surface area contributed by atoms with E-state index in [0.717, 1.165) is 0 Å². The molecule has 4 heterocycles. The zero-order valence-electron chi connectivity index (χ0n) is 19.6. The highest BCUT2D eigenvalue weighted by atomic mass is 35.5. The van der Waals surface area contributed by atoms with Crippen molar-refractivity contribution >= 4 is 29.1 Å². The summed E-state index contributed by atoms with van der Waals surface area (Å²) in [6.07, 6.45) is 7.58. The van der Waals surface area contributed by atoms with Crippen molar-refractivity contribution in [1.82, 2.24) is 25.1 Å². The SMILES string of the molecule is CC(COC1CCN(C2CCN(c3ncc(C4CC4)cn3)CC2O)C1=O)Nc1cn[nH]c(=O)c1Cl. The summed E-state index contributed by atoms with van der Waals surface area (Å²) in [6, 6.07) is -0.451. The number of aromatic nitrogens is 4. The third-order valence-electron chi connectivity index (χ3n) is 6.87. The molecule has 11 nitrogen and oxygen atoms in total. The van der Waals surface area contributed by atoms with Gasteiger partial charge in [0.1, 0.15) is 11.1 Å². The molecular formula is C23H30ClN7O4. The standard InChI is InChI=1S/C23H30ClN7O4/c1-13(28-16-10-27-29-21(33)20(16)24)12-35-19-5-7-31(22(19)34)17-4-6-30(11-18(17)32)23-25-8-15(9-26-23)14-2-3-14/h8-10,13-14,17-19,32H,2-7,11-12H2,1H3,(H2,28,29,33). The first-order chi connectivity index (χ1) is 16.9. The number of carbonyl (C=O) groups is 1. The van der Waals surface area contributed by atoms with E-state index in [1.54, 1.807) is 4.90 Å². The van der Waals surface area contributed by atoms with Gasteiger partial charge in [0, 0.05) is 44.5 Å². The van der Waals surface area contributed by atoms with E-state index in [4.69, 9.17) is 16.3 Å². The van der Waals surface area contributed by atoms with Crippen LogP contribution in [0, 0.1) is 0 Å². The third kappa shape index (κ3) is 5.26. The maximum absolute atomic E-state index is 13.0. The number of aliphatic hydroxyl groups excluding tert-OH is 1. The molecule has 2 saturated heterocycles. The van der Waals surface area contributed by atoms with Gasteiger partial charge >= 0.3 is 0 Å². The number of aromatic amines is 1. The smallest absolute Gasteiger partial charge is 0.285 e. The number of hydrogen-bond acceptors (Lipinski definition) is 9. The molecule has 0 radical (unpaired) electrons. The number of likely N-dealkylation sites (tertiary alicyclic amines) is 1. The molecular weight excluding hydrogens is 474 g/mol. The number of β-amino-alcohol motifs (C(OH)–C–C–N with tert-alkyl or cyclic N) is 1. The zero-order chi connectivity index (χ0) is 24.5. The van der Waals surface area contributed by atoms with Crippen LogP contribution < -0.4 is 15.8 Å². The summed E-state index contributed by atoms with van der Waals surface area (Å²) in [6.45, 7) is 3.72. The Labute approximate surface area is 207 Å². The zero-order valence-corrected chi connectivity index (χ0v) is 20.3. The third-order valence-corrected chi connectivity index (χ3v) is 7.25. The molecule has 0 aromatic carbocycles. The summed E-state index contributed by atoms with van der Waals surface area (Å²) >= 11 is 5.99. The van der Waals surface area contributed by atoms with Crippen LogP contribution >= 0.6 is 11.6 Å². The Balaban J connectivity index is 1.11. The van der Waals surface area contributed by atoms with Gasteiger partial charge in [-0.1, -0.05) is 11.6 Å². The van der Waals surface area contributed by atoms with Crippen molar-refractivity contribution in [2.24, 2.45) is 0 Å². The number of halogens is 1. The normalized spacial score (nSPS) is 25.7. The molecule has 3 fully saturated rings. The van der Waals surface area contributed by atoms with Gasteiger partial charge < -0.3 is 25.0 Å². The van der Waals surface area contributed by atoms with Gasteiger partial charge in [-0.15, -0.1) is 0 Å². The number of aliphatic hydroxyl groups is 1. The molecule has 3 N–H and O–H groups in total. The Hall–Kier alpha value is -2.76. The van der Waals surface area contributed by atoms with E-state index < -0.39 is 17.8 Å². The molecule has 2 aromatic heterocycles. The first-order valence-electron chi connectivity index (χ1n) is 12.1. The second-order valence-electron chi connectivity index (χ2n) is 9.57. The molecule has 2 aliphatic heterocycles. The van der Waals surface area contributed by atoms with Crippen LogP contribution in [-0.4, -0.2) is 86.6 Å². The van der Waals surface area contributed by atoms with Gasteiger partial charge in [0.05, 0.1) is 30.6 Å². The first-order valence-corrected chi connectivity index (χ1v) is 12.4. The van der Waals surface area contributed by atoms with E-state index in [1.807, 2.05) is 24.2 Å². The summed E-state index contributed by atoms with van der Waals surface area (Å²) in [5, 5.41) is 20.0. The van der Waals surface area contributed by atoms with Gasteiger partial charge in [-0.3, -0.25) is 9.59 Å². The number of H-pyrrole nitrogens is 1. The molecule has 1 amide bonds. The molecule has 12 heteroatoms. The lowest BCUT2D eigenvalue weighted by atomic mass is 10.0. The van der Waals surface area contributed by atoms with E-state index in [1.165, 1.54) is 24.6 Å². The maximum Gasteiger partial charge on any atom is 0.285 e. The van der Waals surface area contributed by atoms with Crippen molar-refractivity contribution < 1.29 is 14.6 Å². The van der Waals surface area contributed by atoms with Crippen LogP contribution in [0.2, 0.25) is 5.02 Å². The molecule has 3 aliphatic rings. The van der Waals surface area contributed by atoms with Crippen LogP contribution in [0.1, 0.15) is 44.1 Å². The Kier molecular flexibility index (Phi) is 6.90. The number of carbonyl (C=O) groups excluding carboxylic acids is 1. The van der Waals surface area contributed by atoms with E-state index >= 15 is 0 Å². The van der Waals surface area contributed by atoms with Crippen molar-refractivity contribution in [2.75, 3.05) is 36.5 Å². The molecule has 35 heavy (non-hydrogen) atoms. The predicted octanol–water partition coefficient (Wildman–Crippen LogP) is 1.15. The van der Waals surface area contributed by atoms with Gasteiger partial charge in [-0.2, -0.15) is 5.10 Å². The quantitative estimate of drug-likeness (QED) is 0.484. The van der Waals surface area contributed by atoms with E-state index in [0.29, 0.717) is 50.0 Å². The lowest BCUT2D eigenvalue weighted by Crippen LogP contribution is -2.55. The van der Waals surface area contributed by atoms with Crippen LogP contribution in [0.5, 0.6) is 0 Å². The van der Waals surface area contributed by atoms with Gasteiger partial charge in [-0.25, -0.2) is 15.1 Å². The number of hydrogen-bond donors (Lipinski definition) is 3. The van der Waals surface area contributed by atoms with Crippen molar-refractivity contribution in [3.05, 3.63) is 39.5 Å². The minimum Gasteiger partial charge on any atom is -0.389 e. The molecule has 4 atom stereocenters. The number of piperidine rings is 1. The fourth-order valence-electron chi connectivity index (χ4n) is 4.80. The second kappa shape index (κ2) is 10.1. The molecule has 0 spiro atoms. The number of anilines is 2. The van der Waals surface area contributed by atoms with Crippen molar-refractivity contribution in [3.8, 4) is 0 Å². The largest absolute Gasteiger partial charge is 0.389 e. The fourth-order valence-corrected chi connectivity index (χ4v) is 4.94. The first kappa shape index (κ1) is 24.0. The molecule has 0 bridgehead atoms. The Morgan fingerprint density at radius 2 is 1.97 bits per heavy atom. The van der Waals surface area contributed by atoms with E-state index in [9.17, 15) is 14.7 Å². The van der Waals surface area contributed by atoms with Crippen LogP contribution in [0.15, 0.2) is 23.4 Å². The van der Waals surface area contributed by atoms with Crippen LogP contribution in [0.4, 0.5) is 11.6 Å². The lowest BCUT2D eigenvalue weighted by Gasteiger charge is -2.40. The van der Waals surface area contributed by atoms with Crippen LogP contribution in [-0.2, 0) is 9.53 Å². The van der Waals surface area contributed by atoms with E-state index in [-0.39, 0.29) is 29.6 Å². The minimum atomic E-state index is -0.690. The summed E-state index contributed by atoms with van der Waals surface area (Å²) in [5.74, 6) is 1.13. The monoisotopic (exact) mass is 503 g/mol. The molecule has 4 unspecified atom stereocenters. The van der Waals surface area contributed by atoms with Gasteiger partial charge in [-0.05, 0) is 37.7 Å². The van der Waals surface area contributed by atoms with Crippen molar-refractivity contribution in [3.63, 3.8) is 0 Å². The molecule has 1 saturated carbocycles. The summed E-state index contributed by atoms with van der Waals surface area (Å²) in [5.41, 5.74) is 1.12. The minimum absolute atomic E-state index is 0.0274. The Morgan fingerprint density at radius 1 is 1.20 bits per heavy atom. The van der Waals surface area contributed by atoms with Gasteiger partial charge in [0.25, 0.3) is 11.5 Å². The average Bonchev–Trinajstić information content (AvgIpc) is 3.64. The molecule has 2 aromatic rings. The molecule has 188 valence electrons. The number of ether oxygens (including phenoxy) is 1. The topological polar surface area (TPSA) is 137 Å². The summed E-state index contributed by atoms with van der Waals surface area (Å²) < 4.78 is 5.89. The summed E-state index contributed by atoms with van der Waals surface area (Å²) in [7, 11) is 0. The van der Waals surface area contributed by atoms with Gasteiger partial charge in [0.15, 0.2) is 0 Å². The lowest BCUT2D eigenvalue weighted by molar-refractivity contribution is -0.141. The number of rotatable bonds is 8. The highest BCUT2D eigenvalue weighted by molar-refractivity contribution is 6.32. The fraction of sp³-hybridized carbons (Fsp3) is 0.609. The van der Waals surface area contributed by atoms with Crippen LogP contribution in [0.25, 0.3) is 0 Å². The number of nitrogens with one attached hydrogen (secondary N) is 2. The number of nitrogens with zero attached hydrogens (tertiary/aromatic N) is 5. The Bertz CT molecular complexity index is 1110. The average molecular weight is 504 g/mol. The van der Waals surface area contributed by atoms with Crippen molar-refractivity contribution in [1.29, 1.82) is 0 Å². The maximum atomic E-state index is 13.0. The highest BCUT2D eigenvalue weighted by Gasteiger charge is 2.41. The second-order valence-corrected chi connectivity index (χ2v) is 9.95. The molecule has 5 rings (SSSR count). The molecule has 1 aliphatic carbocycles. The highest BCUT2D eigenvalue weighted by Crippen LogP contribution is 2.39.